The Bertz CT molecular complexity index is 374. The van der Waals surface area contributed by atoms with Gasteiger partial charge in [-0.15, -0.1) is 12.4 Å². The van der Waals surface area contributed by atoms with Gasteiger partial charge in [0.15, 0.2) is 0 Å². The summed E-state index contributed by atoms with van der Waals surface area (Å²) in [4.78, 5) is 11.1. The molecule has 0 saturated heterocycles. The highest BCUT2D eigenvalue weighted by Crippen LogP contribution is 2.25. The quantitative estimate of drug-likeness (QED) is 0.852. The lowest BCUT2D eigenvalue weighted by Crippen LogP contribution is -2.22. The van der Waals surface area contributed by atoms with Gasteiger partial charge in [0.25, 0.3) is 0 Å². The largest absolute Gasteiger partial charge is 0.491 e. The first-order chi connectivity index (χ1) is 7.67. The molecule has 0 bridgehead atoms. The molecule has 6 heteroatoms. The standard InChI is InChI=1S/C11H15FN2O2.ClH/c1-2-5-16-10-6-8(12)3-4-9(10)14-11(15)7-13;/h3-4,6H,2,5,7,13H2,1H3,(H,14,15);1H. The van der Waals surface area contributed by atoms with Gasteiger partial charge in [0, 0.05) is 6.07 Å². The van der Waals surface area contributed by atoms with E-state index in [4.69, 9.17) is 10.5 Å². The molecule has 0 aromatic heterocycles. The molecule has 0 spiro atoms. The van der Waals surface area contributed by atoms with Crippen LogP contribution in [-0.4, -0.2) is 19.1 Å². The van der Waals surface area contributed by atoms with Crippen LogP contribution in [-0.2, 0) is 4.79 Å². The fraction of sp³-hybridized carbons (Fsp3) is 0.364. The maximum atomic E-state index is 13.0. The first-order valence-electron chi connectivity index (χ1n) is 5.09. The van der Waals surface area contributed by atoms with Crippen molar-refractivity contribution in [3.63, 3.8) is 0 Å². The topological polar surface area (TPSA) is 64.3 Å². The molecule has 0 heterocycles. The summed E-state index contributed by atoms with van der Waals surface area (Å²) in [7, 11) is 0. The molecule has 0 aliphatic carbocycles. The van der Waals surface area contributed by atoms with E-state index >= 15 is 0 Å². The number of rotatable bonds is 5. The van der Waals surface area contributed by atoms with E-state index < -0.39 is 5.82 Å². The van der Waals surface area contributed by atoms with Crippen LogP contribution in [0.25, 0.3) is 0 Å². The van der Waals surface area contributed by atoms with Crippen LogP contribution in [0, 0.1) is 5.82 Å². The van der Waals surface area contributed by atoms with Crippen molar-refractivity contribution in [3.8, 4) is 5.75 Å². The number of nitrogens with one attached hydrogen (secondary N) is 1. The number of carbonyl (C=O) groups is 1. The van der Waals surface area contributed by atoms with Crippen LogP contribution < -0.4 is 15.8 Å². The molecule has 1 amide bonds. The average molecular weight is 263 g/mol. The van der Waals surface area contributed by atoms with Gasteiger partial charge >= 0.3 is 0 Å². The Morgan fingerprint density at radius 2 is 2.24 bits per heavy atom. The molecule has 1 rings (SSSR count). The van der Waals surface area contributed by atoms with E-state index in [1.54, 1.807) is 0 Å². The molecule has 0 radical (unpaired) electrons. The second-order valence-corrected chi connectivity index (χ2v) is 3.24. The van der Waals surface area contributed by atoms with Gasteiger partial charge < -0.3 is 15.8 Å². The third-order valence-corrected chi connectivity index (χ3v) is 1.86. The first kappa shape index (κ1) is 15.7. The minimum atomic E-state index is -0.406. The molecule has 0 atom stereocenters. The van der Waals surface area contributed by atoms with Gasteiger partial charge in [-0.2, -0.15) is 0 Å². The van der Waals surface area contributed by atoms with Crippen molar-refractivity contribution in [2.24, 2.45) is 5.73 Å². The minimum Gasteiger partial charge on any atom is -0.491 e. The molecule has 0 unspecified atom stereocenters. The number of nitrogens with two attached hydrogens (primary N) is 1. The fourth-order valence-corrected chi connectivity index (χ4v) is 1.13. The lowest BCUT2D eigenvalue weighted by atomic mass is 10.2. The SMILES string of the molecule is CCCOc1cc(F)ccc1NC(=O)CN.Cl. The van der Waals surface area contributed by atoms with Crippen LogP contribution in [0.1, 0.15) is 13.3 Å². The number of amides is 1. The van der Waals surface area contributed by atoms with E-state index in [0.717, 1.165) is 6.42 Å². The third-order valence-electron chi connectivity index (χ3n) is 1.86. The predicted octanol–water partition coefficient (Wildman–Crippen LogP) is 1.93. The summed E-state index contributed by atoms with van der Waals surface area (Å²) in [6.45, 7) is 2.29. The summed E-state index contributed by atoms with van der Waals surface area (Å²) in [5, 5.41) is 2.54. The molecule has 3 N–H and O–H groups in total. The zero-order valence-electron chi connectivity index (χ0n) is 9.53. The van der Waals surface area contributed by atoms with Crippen LogP contribution in [0.2, 0.25) is 0 Å². The normalized spacial score (nSPS) is 9.35. The summed E-state index contributed by atoms with van der Waals surface area (Å²) >= 11 is 0. The molecule has 4 nitrogen and oxygen atoms in total. The lowest BCUT2D eigenvalue weighted by molar-refractivity contribution is -0.114. The highest BCUT2D eigenvalue weighted by atomic mass is 35.5. The van der Waals surface area contributed by atoms with Crippen molar-refractivity contribution in [1.82, 2.24) is 0 Å². The number of halogens is 2. The van der Waals surface area contributed by atoms with Crippen LogP contribution in [0.5, 0.6) is 5.75 Å². The van der Waals surface area contributed by atoms with Gasteiger partial charge in [0.1, 0.15) is 11.6 Å². The van der Waals surface area contributed by atoms with Gasteiger partial charge in [-0.1, -0.05) is 6.92 Å². The van der Waals surface area contributed by atoms with Gasteiger partial charge in [0.05, 0.1) is 18.8 Å². The number of anilines is 1. The average Bonchev–Trinajstić information content (AvgIpc) is 2.29. The van der Waals surface area contributed by atoms with Crippen molar-refractivity contribution in [1.29, 1.82) is 0 Å². The summed E-state index contributed by atoms with van der Waals surface area (Å²) in [5.74, 6) is -0.423. The van der Waals surface area contributed by atoms with E-state index in [9.17, 15) is 9.18 Å². The molecule has 1 aromatic rings. The van der Waals surface area contributed by atoms with Crippen molar-refractivity contribution < 1.29 is 13.9 Å². The second-order valence-electron chi connectivity index (χ2n) is 3.24. The minimum absolute atomic E-state index is 0. The van der Waals surface area contributed by atoms with Crippen LogP contribution in [0.4, 0.5) is 10.1 Å². The zero-order valence-corrected chi connectivity index (χ0v) is 10.3. The van der Waals surface area contributed by atoms with Crippen LogP contribution >= 0.6 is 12.4 Å². The van der Waals surface area contributed by atoms with Gasteiger partial charge in [0.2, 0.25) is 5.91 Å². The molecule has 1 aromatic carbocycles. The molecule has 0 aliphatic rings. The van der Waals surface area contributed by atoms with E-state index in [2.05, 4.69) is 5.32 Å². The Labute approximate surface area is 106 Å². The summed E-state index contributed by atoms with van der Waals surface area (Å²) in [6, 6.07) is 3.95. The Morgan fingerprint density at radius 3 is 2.82 bits per heavy atom. The molecule has 0 fully saturated rings. The predicted molar refractivity (Wildman–Crippen MR) is 67.1 cm³/mol. The van der Waals surface area contributed by atoms with Crippen LogP contribution in [0.15, 0.2) is 18.2 Å². The highest BCUT2D eigenvalue weighted by molar-refractivity contribution is 5.93. The van der Waals surface area contributed by atoms with Gasteiger partial charge in [-0.25, -0.2) is 4.39 Å². The van der Waals surface area contributed by atoms with Gasteiger partial charge in [-0.3, -0.25) is 4.79 Å². The Morgan fingerprint density at radius 1 is 1.53 bits per heavy atom. The van der Waals surface area contributed by atoms with Crippen molar-refractivity contribution in [3.05, 3.63) is 24.0 Å². The monoisotopic (exact) mass is 262 g/mol. The Balaban J connectivity index is 0.00000256. The zero-order chi connectivity index (χ0) is 12.0. The second kappa shape index (κ2) is 7.86. The molecule has 0 aliphatic heterocycles. The van der Waals surface area contributed by atoms with Gasteiger partial charge in [-0.05, 0) is 18.6 Å². The summed E-state index contributed by atoms with van der Waals surface area (Å²) in [5.41, 5.74) is 5.61. The van der Waals surface area contributed by atoms with Crippen molar-refractivity contribution in [2.45, 2.75) is 13.3 Å². The van der Waals surface area contributed by atoms with Crippen molar-refractivity contribution in [2.75, 3.05) is 18.5 Å². The first-order valence-corrected chi connectivity index (χ1v) is 5.09. The molecular weight excluding hydrogens is 247 g/mol. The van der Waals surface area contributed by atoms with E-state index in [1.807, 2.05) is 6.92 Å². The van der Waals surface area contributed by atoms with Crippen molar-refractivity contribution >= 4 is 24.0 Å². The number of benzene rings is 1. The fourth-order valence-electron chi connectivity index (χ4n) is 1.13. The molecular formula is C11H16ClFN2O2. The van der Waals surface area contributed by atoms with E-state index in [0.29, 0.717) is 18.0 Å². The molecule has 96 valence electrons. The molecule has 17 heavy (non-hydrogen) atoms. The molecule has 0 saturated carbocycles. The number of hydrogen-bond acceptors (Lipinski definition) is 3. The summed E-state index contributed by atoms with van der Waals surface area (Å²) in [6.07, 6.45) is 0.806. The Hall–Kier alpha value is -1.33. The van der Waals surface area contributed by atoms with Crippen LogP contribution in [0.3, 0.4) is 0 Å². The smallest absolute Gasteiger partial charge is 0.238 e. The van der Waals surface area contributed by atoms with E-state index in [1.165, 1.54) is 18.2 Å². The Kier molecular flexibility index (Phi) is 7.25. The number of ether oxygens (including phenoxy) is 1. The lowest BCUT2D eigenvalue weighted by Gasteiger charge is -2.11. The maximum absolute atomic E-state index is 13.0. The van der Waals surface area contributed by atoms with E-state index in [-0.39, 0.29) is 24.9 Å². The summed E-state index contributed by atoms with van der Waals surface area (Å²) < 4.78 is 18.3. The maximum Gasteiger partial charge on any atom is 0.238 e. The third kappa shape index (κ3) is 5.01. The number of carbonyl (C=O) groups excluding carboxylic acids is 1. The number of hydrogen-bond donors (Lipinski definition) is 2. The highest BCUT2D eigenvalue weighted by Gasteiger charge is 2.07.